The van der Waals surface area contributed by atoms with Crippen LogP contribution in [0.4, 0.5) is 30.5 Å². The highest BCUT2D eigenvalue weighted by Gasteiger charge is 2.50. The minimum absolute atomic E-state index is 0.0365. The molecular formula is C24H20F3N7O5. The number of nitrogens with two attached hydrogens (primary N) is 1. The van der Waals surface area contributed by atoms with Crippen LogP contribution in [-0.2, 0) is 20.5 Å². The Morgan fingerprint density at radius 3 is 2.69 bits per heavy atom. The van der Waals surface area contributed by atoms with Gasteiger partial charge in [-0.2, -0.15) is 13.2 Å². The first-order chi connectivity index (χ1) is 18.5. The van der Waals surface area contributed by atoms with Crippen molar-refractivity contribution in [3.05, 3.63) is 54.6 Å². The molecule has 1 aliphatic rings. The fraction of sp³-hybridized carbons (Fsp3) is 0.250. The van der Waals surface area contributed by atoms with Crippen LogP contribution in [0.2, 0.25) is 0 Å². The number of carbonyl (C=O) groups is 2. The molecular weight excluding hydrogens is 523 g/mol. The van der Waals surface area contributed by atoms with Crippen molar-refractivity contribution in [2.75, 3.05) is 29.1 Å². The van der Waals surface area contributed by atoms with Gasteiger partial charge in [-0.1, -0.05) is 11.2 Å². The molecule has 12 nitrogen and oxygen atoms in total. The predicted molar refractivity (Wildman–Crippen MR) is 130 cm³/mol. The standard InChI is InChI=1S/C24H20F3N7O5/c1-23(18(35)20(36)31-13-5-6-14-16(9-13)39-33-19(14)28)22(37)34(7-8-38-23)17-4-2-3-15(32-17)12-10-29-21(30-11-12)24(25,26)27/h2-6,9-11,18,35H,7-8H2,1H3,(H2,28,33)(H,31,36)/t18-,23+/m0/s1. The van der Waals surface area contributed by atoms with Crippen molar-refractivity contribution in [2.24, 2.45) is 0 Å². The molecule has 39 heavy (non-hydrogen) atoms. The van der Waals surface area contributed by atoms with Crippen LogP contribution >= 0.6 is 0 Å². The quantitative estimate of drug-likeness (QED) is 0.340. The number of pyridine rings is 1. The third kappa shape index (κ3) is 4.84. The number of morpholine rings is 1. The van der Waals surface area contributed by atoms with Crippen molar-refractivity contribution in [2.45, 2.75) is 24.8 Å². The molecule has 5 rings (SSSR count). The normalized spacial score (nSPS) is 18.8. The molecule has 3 aromatic heterocycles. The number of nitrogens with zero attached hydrogens (tertiary/aromatic N) is 5. The van der Waals surface area contributed by atoms with Crippen LogP contribution in [0, 0.1) is 0 Å². The highest BCUT2D eigenvalue weighted by Crippen LogP contribution is 2.31. The predicted octanol–water partition coefficient (Wildman–Crippen LogP) is 2.40. The third-order valence-corrected chi connectivity index (χ3v) is 6.14. The van der Waals surface area contributed by atoms with Gasteiger partial charge in [0.1, 0.15) is 5.82 Å². The second kappa shape index (κ2) is 9.59. The van der Waals surface area contributed by atoms with Crippen LogP contribution in [0.5, 0.6) is 0 Å². The Morgan fingerprint density at radius 1 is 1.23 bits per heavy atom. The number of aliphatic hydroxyl groups excluding tert-OH is 1. The third-order valence-electron chi connectivity index (χ3n) is 6.14. The molecule has 0 spiro atoms. The lowest BCUT2D eigenvalue weighted by Gasteiger charge is -2.40. The molecule has 0 unspecified atom stereocenters. The Bertz CT molecular complexity index is 1560. The number of amides is 2. The Morgan fingerprint density at radius 2 is 1.97 bits per heavy atom. The van der Waals surface area contributed by atoms with Gasteiger partial charge in [0.05, 0.1) is 24.2 Å². The molecule has 15 heteroatoms. The van der Waals surface area contributed by atoms with E-state index in [2.05, 4.69) is 25.4 Å². The summed E-state index contributed by atoms with van der Waals surface area (Å²) in [5.74, 6) is -2.64. The van der Waals surface area contributed by atoms with E-state index in [0.29, 0.717) is 11.0 Å². The maximum atomic E-state index is 13.5. The number of halogens is 3. The molecule has 1 fully saturated rings. The smallest absolute Gasteiger partial charge is 0.380 e. The zero-order valence-corrected chi connectivity index (χ0v) is 20.1. The Labute approximate surface area is 217 Å². The number of alkyl halides is 3. The monoisotopic (exact) mass is 543 g/mol. The molecule has 202 valence electrons. The summed E-state index contributed by atoms with van der Waals surface area (Å²) in [5, 5.41) is 17.6. The van der Waals surface area contributed by atoms with Gasteiger partial charge >= 0.3 is 6.18 Å². The van der Waals surface area contributed by atoms with E-state index in [1.54, 1.807) is 12.1 Å². The summed E-state index contributed by atoms with van der Waals surface area (Å²) in [6.07, 6.45) is -4.66. The summed E-state index contributed by atoms with van der Waals surface area (Å²) < 4.78 is 49.0. The highest BCUT2D eigenvalue weighted by atomic mass is 19.4. The van der Waals surface area contributed by atoms with Gasteiger partial charge < -0.3 is 25.4 Å². The molecule has 1 aromatic carbocycles. The second-order valence-electron chi connectivity index (χ2n) is 8.76. The summed E-state index contributed by atoms with van der Waals surface area (Å²) >= 11 is 0. The van der Waals surface area contributed by atoms with Crippen molar-refractivity contribution in [3.8, 4) is 11.3 Å². The number of nitrogen functional groups attached to an aromatic ring is 1. The molecule has 4 heterocycles. The Hall–Kier alpha value is -4.63. The Balaban J connectivity index is 1.35. The lowest BCUT2D eigenvalue weighted by Crippen LogP contribution is -2.63. The first-order valence-corrected chi connectivity index (χ1v) is 11.4. The van der Waals surface area contributed by atoms with Crippen LogP contribution in [0.3, 0.4) is 0 Å². The van der Waals surface area contributed by atoms with Crippen molar-refractivity contribution in [1.82, 2.24) is 20.1 Å². The zero-order chi connectivity index (χ0) is 27.9. The summed E-state index contributed by atoms with van der Waals surface area (Å²) in [4.78, 5) is 38.6. The molecule has 4 N–H and O–H groups in total. The number of fused-ring (bicyclic) bond motifs is 1. The molecule has 2 atom stereocenters. The Kier molecular flexibility index (Phi) is 6.40. The average molecular weight is 543 g/mol. The fourth-order valence-corrected chi connectivity index (χ4v) is 4.03. The number of nitrogens with one attached hydrogen (secondary N) is 1. The molecule has 1 aliphatic heterocycles. The van der Waals surface area contributed by atoms with Crippen LogP contribution in [0.25, 0.3) is 22.2 Å². The van der Waals surface area contributed by atoms with Crippen LogP contribution < -0.4 is 16.0 Å². The molecule has 0 radical (unpaired) electrons. The van der Waals surface area contributed by atoms with E-state index in [1.807, 2.05) is 0 Å². The summed E-state index contributed by atoms with van der Waals surface area (Å²) in [5.41, 5.74) is 4.69. The number of carbonyl (C=O) groups excluding carboxylic acids is 2. The minimum Gasteiger partial charge on any atom is -0.380 e. The lowest BCUT2D eigenvalue weighted by molar-refractivity contribution is -0.170. The number of rotatable bonds is 5. The number of hydrogen-bond acceptors (Lipinski definition) is 10. The number of anilines is 3. The van der Waals surface area contributed by atoms with Crippen LogP contribution in [0.1, 0.15) is 12.7 Å². The zero-order valence-electron chi connectivity index (χ0n) is 20.1. The van der Waals surface area contributed by atoms with Gasteiger partial charge in [0.25, 0.3) is 11.8 Å². The topological polar surface area (TPSA) is 170 Å². The van der Waals surface area contributed by atoms with E-state index >= 15 is 0 Å². The molecule has 1 saturated heterocycles. The van der Waals surface area contributed by atoms with Crippen molar-refractivity contribution in [1.29, 1.82) is 0 Å². The molecule has 0 saturated carbocycles. The molecule has 4 aromatic rings. The second-order valence-corrected chi connectivity index (χ2v) is 8.76. The van der Waals surface area contributed by atoms with Crippen LogP contribution in [-0.4, -0.2) is 61.9 Å². The number of aromatic nitrogens is 4. The van der Waals surface area contributed by atoms with Gasteiger partial charge in [0.2, 0.25) is 5.82 Å². The number of aliphatic hydroxyl groups is 1. The average Bonchev–Trinajstić information content (AvgIpc) is 3.29. The van der Waals surface area contributed by atoms with E-state index < -0.39 is 35.5 Å². The summed E-state index contributed by atoms with van der Waals surface area (Å²) in [6.45, 7) is 1.29. The van der Waals surface area contributed by atoms with E-state index in [4.69, 9.17) is 15.0 Å². The summed E-state index contributed by atoms with van der Waals surface area (Å²) in [6, 6.07) is 9.13. The highest BCUT2D eigenvalue weighted by molar-refractivity contribution is 6.06. The maximum absolute atomic E-state index is 13.5. The molecule has 0 aliphatic carbocycles. The largest absolute Gasteiger partial charge is 0.451 e. The van der Waals surface area contributed by atoms with E-state index in [1.165, 1.54) is 36.1 Å². The SMILES string of the molecule is C[C@]1([C@@H](O)C(=O)Nc2ccc3c(N)noc3c2)OCCN(c2cccc(-c3cnc(C(F)(F)F)nc3)n2)C1=O. The van der Waals surface area contributed by atoms with Crippen molar-refractivity contribution < 1.29 is 37.1 Å². The van der Waals surface area contributed by atoms with Gasteiger partial charge in [-0.05, 0) is 31.2 Å². The van der Waals surface area contributed by atoms with Gasteiger partial charge in [0, 0.05) is 29.7 Å². The van der Waals surface area contributed by atoms with E-state index in [-0.39, 0.29) is 41.7 Å². The number of hydrogen-bond donors (Lipinski definition) is 3. The number of benzene rings is 1. The van der Waals surface area contributed by atoms with Crippen molar-refractivity contribution >= 4 is 40.1 Å². The van der Waals surface area contributed by atoms with Gasteiger partial charge in [-0.25, -0.2) is 15.0 Å². The lowest BCUT2D eigenvalue weighted by atomic mass is 9.94. The maximum Gasteiger partial charge on any atom is 0.451 e. The van der Waals surface area contributed by atoms with E-state index in [0.717, 1.165) is 12.4 Å². The van der Waals surface area contributed by atoms with Gasteiger partial charge in [-0.3, -0.25) is 14.5 Å². The van der Waals surface area contributed by atoms with E-state index in [9.17, 15) is 27.9 Å². The van der Waals surface area contributed by atoms with Gasteiger partial charge in [0.15, 0.2) is 23.1 Å². The molecule has 2 amide bonds. The first kappa shape index (κ1) is 26.0. The van der Waals surface area contributed by atoms with Crippen LogP contribution in [0.15, 0.2) is 53.3 Å². The first-order valence-electron chi connectivity index (χ1n) is 11.4. The number of ether oxygens (including phenoxy) is 1. The fourth-order valence-electron chi connectivity index (χ4n) is 4.03. The minimum atomic E-state index is -4.69. The van der Waals surface area contributed by atoms with Crippen molar-refractivity contribution in [3.63, 3.8) is 0 Å². The van der Waals surface area contributed by atoms with Gasteiger partial charge in [-0.15, -0.1) is 0 Å². The molecule has 0 bridgehead atoms. The summed E-state index contributed by atoms with van der Waals surface area (Å²) in [7, 11) is 0.